The minimum absolute atomic E-state index is 0.0911. The Morgan fingerprint density at radius 3 is 2.77 bits per heavy atom. The van der Waals surface area contributed by atoms with Crippen LogP contribution < -0.4 is 0 Å². The predicted molar refractivity (Wildman–Crippen MR) is 57.6 cm³/mol. The van der Waals surface area contributed by atoms with Crippen LogP contribution >= 0.6 is 15.9 Å². The molecule has 0 unspecified atom stereocenters. The monoisotopic (exact) mass is 236 g/mol. The van der Waals surface area contributed by atoms with Gasteiger partial charge in [0.2, 0.25) is 0 Å². The van der Waals surface area contributed by atoms with Crippen molar-refractivity contribution in [3.63, 3.8) is 0 Å². The fourth-order valence-electron chi connectivity index (χ4n) is 1.45. The topological polar surface area (TPSA) is 20.2 Å². The van der Waals surface area contributed by atoms with E-state index in [1.807, 2.05) is 36.4 Å². The molecule has 13 heavy (non-hydrogen) atoms. The van der Waals surface area contributed by atoms with Gasteiger partial charge in [0, 0.05) is 4.47 Å². The maximum absolute atomic E-state index is 9.11. The second kappa shape index (κ2) is 3.48. The van der Waals surface area contributed by atoms with Gasteiger partial charge in [-0.2, -0.15) is 0 Å². The van der Waals surface area contributed by atoms with Gasteiger partial charge in [0.05, 0.1) is 6.61 Å². The Kier molecular flexibility index (Phi) is 2.34. The normalized spacial score (nSPS) is 10.6. The van der Waals surface area contributed by atoms with Crippen molar-refractivity contribution in [3.8, 4) is 0 Å². The zero-order valence-electron chi connectivity index (χ0n) is 7.00. The lowest BCUT2D eigenvalue weighted by molar-refractivity contribution is 0.283. The molecular formula is C11H9BrO. The summed E-state index contributed by atoms with van der Waals surface area (Å²) in [5, 5.41) is 11.4. The average molecular weight is 237 g/mol. The molecule has 0 aliphatic rings. The second-order valence-electron chi connectivity index (χ2n) is 2.94. The minimum Gasteiger partial charge on any atom is -0.392 e. The number of hydrogen-bond donors (Lipinski definition) is 1. The van der Waals surface area contributed by atoms with Gasteiger partial charge in [-0.3, -0.25) is 0 Å². The summed E-state index contributed by atoms with van der Waals surface area (Å²) in [6.45, 7) is 0.0911. The predicted octanol–water partition coefficient (Wildman–Crippen LogP) is 3.09. The molecule has 0 saturated heterocycles. The number of aliphatic hydroxyl groups excluding tert-OH is 1. The van der Waals surface area contributed by atoms with Crippen LogP contribution in [0.5, 0.6) is 0 Å². The fourth-order valence-corrected chi connectivity index (χ4v) is 1.81. The number of fused-ring (bicyclic) bond motifs is 1. The van der Waals surface area contributed by atoms with E-state index in [0.717, 1.165) is 20.8 Å². The third-order valence-electron chi connectivity index (χ3n) is 2.10. The Morgan fingerprint density at radius 2 is 2.00 bits per heavy atom. The van der Waals surface area contributed by atoms with E-state index in [9.17, 15) is 0 Å². The second-order valence-corrected chi connectivity index (χ2v) is 3.86. The molecule has 2 aromatic rings. The van der Waals surface area contributed by atoms with Gasteiger partial charge >= 0.3 is 0 Å². The van der Waals surface area contributed by atoms with E-state index in [1.165, 1.54) is 0 Å². The van der Waals surface area contributed by atoms with Crippen molar-refractivity contribution >= 4 is 26.7 Å². The molecule has 0 aromatic heterocycles. The number of halogens is 1. The standard InChI is InChI=1S/C11H9BrO/c12-10-5-4-8-2-1-3-9(7-13)11(8)6-10/h1-6,13H,7H2. The van der Waals surface area contributed by atoms with Crippen LogP contribution in [0.2, 0.25) is 0 Å². The Bertz CT molecular complexity index is 437. The Labute approximate surface area is 85.1 Å². The van der Waals surface area contributed by atoms with Crippen LogP contribution in [0.15, 0.2) is 40.9 Å². The van der Waals surface area contributed by atoms with Crippen molar-refractivity contribution in [2.75, 3.05) is 0 Å². The lowest BCUT2D eigenvalue weighted by Gasteiger charge is -2.03. The zero-order chi connectivity index (χ0) is 9.26. The van der Waals surface area contributed by atoms with Crippen LogP contribution in [0, 0.1) is 0 Å². The number of aliphatic hydroxyl groups is 1. The molecule has 0 radical (unpaired) electrons. The van der Waals surface area contributed by atoms with E-state index in [2.05, 4.69) is 15.9 Å². The van der Waals surface area contributed by atoms with Crippen LogP contribution in [-0.4, -0.2) is 5.11 Å². The van der Waals surface area contributed by atoms with Gasteiger partial charge in [0.25, 0.3) is 0 Å². The summed E-state index contributed by atoms with van der Waals surface area (Å²) in [4.78, 5) is 0. The molecule has 0 aliphatic heterocycles. The highest BCUT2D eigenvalue weighted by molar-refractivity contribution is 9.10. The smallest absolute Gasteiger partial charge is 0.0687 e. The van der Waals surface area contributed by atoms with E-state index < -0.39 is 0 Å². The van der Waals surface area contributed by atoms with E-state index in [1.54, 1.807) is 0 Å². The Balaban J connectivity index is 2.79. The van der Waals surface area contributed by atoms with Crippen LogP contribution in [-0.2, 0) is 6.61 Å². The first-order chi connectivity index (χ1) is 6.31. The lowest BCUT2D eigenvalue weighted by Crippen LogP contribution is -1.84. The summed E-state index contributed by atoms with van der Waals surface area (Å²) < 4.78 is 1.04. The summed E-state index contributed by atoms with van der Waals surface area (Å²) in [6, 6.07) is 12.0. The third-order valence-corrected chi connectivity index (χ3v) is 2.60. The number of benzene rings is 2. The van der Waals surface area contributed by atoms with Crippen molar-refractivity contribution in [1.29, 1.82) is 0 Å². The molecule has 1 N–H and O–H groups in total. The fraction of sp³-hybridized carbons (Fsp3) is 0.0909. The lowest BCUT2D eigenvalue weighted by atomic mass is 10.1. The van der Waals surface area contributed by atoms with Crippen LogP contribution in [0.1, 0.15) is 5.56 Å². The van der Waals surface area contributed by atoms with Crippen molar-refractivity contribution in [2.24, 2.45) is 0 Å². The molecule has 0 atom stereocenters. The first-order valence-corrected chi connectivity index (χ1v) is 4.88. The maximum Gasteiger partial charge on any atom is 0.0687 e. The van der Waals surface area contributed by atoms with E-state index in [0.29, 0.717) is 0 Å². The molecule has 1 nitrogen and oxygen atoms in total. The van der Waals surface area contributed by atoms with Crippen molar-refractivity contribution in [1.82, 2.24) is 0 Å². The van der Waals surface area contributed by atoms with Gasteiger partial charge in [0.15, 0.2) is 0 Å². The van der Waals surface area contributed by atoms with Crippen LogP contribution in [0.25, 0.3) is 10.8 Å². The van der Waals surface area contributed by atoms with E-state index in [-0.39, 0.29) is 6.61 Å². The SMILES string of the molecule is OCc1cccc2ccc(Br)cc12. The Hall–Kier alpha value is -0.860. The summed E-state index contributed by atoms with van der Waals surface area (Å²) in [7, 11) is 0. The highest BCUT2D eigenvalue weighted by Crippen LogP contribution is 2.22. The summed E-state index contributed by atoms with van der Waals surface area (Å²) in [5.41, 5.74) is 0.971. The summed E-state index contributed by atoms with van der Waals surface area (Å²) in [5.74, 6) is 0. The molecule has 0 spiro atoms. The average Bonchev–Trinajstić information content (AvgIpc) is 2.17. The molecule has 0 aliphatic carbocycles. The van der Waals surface area contributed by atoms with Crippen molar-refractivity contribution in [2.45, 2.75) is 6.61 Å². The third kappa shape index (κ3) is 1.60. The first kappa shape index (κ1) is 8.73. The van der Waals surface area contributed by atoms with Gasteiger partial charge in [-0.05, 0) is 28.5 Å². The molecule has 0 heterocycles. The molecule has 66 valence electrons. The largest absolute Gasteiger partial charge is 0.392 e. The number of hydrogen-bond acceptors (Lipinski definition) is 1. The quantitative estimate of drug-likeness (QED) is 0.807. The van der Waals surface area contributed by atoms with E-state index in [4.69, 9.17) is 5.11 Å². The highest BCUT2D eigenvalue weighted by Gasteiger charge is 1.99. The molecule has 2 heteroatoms. The molecule has 0 bridgehead atoms. The molecule has 2 aromatic carbocycles. The van der Waals surface area contributed by atoms with E-state index >= 15 is 0 Å². The maximum atomic E-state index is 9.11. The van der Waals surface area contributed by atoms with Gasteiger partial charge in [-0.25, -0.2) is 0 Å². The van der Waals surface area contributed by atoms with Gasteiger partial charge in [-0.15, -0.1) is 0 Å². The highest BCUT2D eigenvalue weighted by atomic mass is 79.9. The first-order valence-electron chi connectivity index (χ1n) is 4.09. The summed E-state index contributed by atoms with van der Waals surface area (Å²) in [6.07, 6.45) is 0. The molecule has 2 rings (SSSR count). The zero-order valence-corrected chi connectivity index (χ0v) is 8.58. The Morgan fingerprint density at radius 1 is 1.15 bits per heavy atom. The van der Waals surface area contributed by atoms with Gasteiger partial charge < -0.3 is 5.11 Å². The van der Waals surface area contributed by atoms with Crippen LogP contribution in [0.4, 0.5) is 0 Å². The molecule has 0 fully saturated rings. The minimum atomic E-state index is 0.0911. The number of rotatable bonds is 1. The molecule has 0 saturated carbocycles. The van der Waals surface area contributed by atoms with Crippen molar-refractivity contribution < 1.29 is 5.11 Å². The molecule has 0 amide bonds. The van der Waals surface area contributed by atoms with Crippen LogP contribution in [0.3, 0.4) is 0 Å². The summed E-state index contributed by atoms with van der Waals surface area (Å²) >= 11 is 3.41. The molecular weight excluding hydrogens is 228 g/mol. The van der Waals surface area contributed by atoms with Crippen molar-refractivity contribution in [3.05, 3.63) is 46.4 Å². The van der Waals surface area contributed by atoms with Gasteiger partial charge in [-0.1, -0.05) is 40.2 Å². The van der Waals surface area contributed by atoms with Gasteiger partial charge in [0.1, 0.15) is 0 Å².